The average molecular weight is 374 g/mol. The SMILES string of the molecule is C=C1C(=O)O[C@H]2[C@H]1[C@H](OC(=O)C=C(C)C)CC(C)=C1C(=O)[C@H]3O[C@@]3(C)[C@@]12O. The Morgan fingerprint density at radius 2 is 2.04 bits per heavy atom. The van der Waals surface area contributed by atoms with E-state index in [4.69, 9.17) is 14.2 Å². The van der Waals surface area contributed by atoms with Gasteiger partial charge >= 0.3 is 11.9 Å². The van der Waals surface area contributed by atoms with Gasteiger partial charge in [0, 0.05) is 23.6 Å². The van der Waals surface area contributed by atoms with Crippen molar-refractivity contribution in [3.05, 3.63) is 34.9 Å². The van der Waals surface area contributed by atoms with Crippen LogP contribution in [0, 0.1) is 5.92 Å². The van der Waals surface area contributed by atoms with E-state index in [0.717, 1.165) is 5.57 Å². The van der Waals surface area contributed by atoms with Gasteiger partial charge in [-0.1, -0.05) is 17.7 Å². The highest BCUT2D eigenvalue weighted by Crippen LogP contribution is 2.62. The number of Topliss-reactive ketones (excluding diaryl/α,β-unsaturated/α-hetero) is 1. The van der Waals surface area contributed by atoms with Crippen molar-refractivity contribution < 1.29 is 33.7 Å². The predicted molar refractivity (Wildman–Crippen MR) is 92.4 cm³/mol. The molecule has 4 rings (SSSR count). The van der Waals surface area contributed by atoms with Gasteiger partial charge in [0.2, 0.25) is 0 Å². The number of rotatable bonds is 2. The Morgan fingerprint density at radius 1 is 1.37 bits per heavy atom. The van der Waals surface area contributed by atoms with Crippen LogP contribution < -0.4 is 0 Å². The lowest BCUT2D eigenvalue weighted by Crippen LogP contribution is -2.56. The number of epoxide rings is 1. The van der Waals surface area contributed by atoms with Crippen LogP contribution in [0.5, 0.6) is 0 Å². The van der Waals surface area contributed by atoms with Gasteiger partial charge in [-0.25, -0.2) is 9.59 Å². The first-order valence-corrected chi connectivity index (χ1v) is 8.92. The van der Waals surface area contributed by atoms with E-state index >= 15 is 0 Å². The van der Waals surface area contributed by atoms with Crippen LogP contribution in [0.2, 0.25) is 0 Å². The molecule has 2 saturated heterocycles. The minimum absolute atomic E-state index is 0.123. The molecule has 0 spiro atoms. The van der Waals surface area contributed by atoms with Gasteiger partial charge in [-0.05, 0) is 27.7 Å². The number of hydrogen-bond acceptors (Lipinski definition) is 7. The third-order valence-corrected chi connectivity index (χ3v) is 6.07. The molecule has 0 aromatic rings. The number of ether oxygens (including phenoxy) is 3. The van der Waals surface area contributed by atoms with Gasteiger partial charge in [-0.15, -0.1) is 0 Å². The fraction of sp³-hybridized carbons (Fsp3) is 0.550. The standard InChI is InChI=1S/C20H22O7/c1-8(2)6-12(21)25-11-7-9(3)14-15(22)17-19(5,27-17)20(14,24)16-13(11)10(4)18(23)26-16/h6,11,13,16-17,24H,4,7H2,1-3,5H3/t11-,13-,16+,17-,19-,20-/m1/s1. The predicted octanol–water partition coefficient (Wildman–Crippen LogP) is 1.15. The van der Waals surface area contributed by atoms with Crippen molar-refractivity contribution in [3.63, 3.8) is 0 Å². The van der Waals surface area contributed by atoms with E-state index in [0.29, 0.717) is 5.57 Å². The van der Waals surface area contributed by atoms with E-state index in [1.807, 2.05) is 0 Å². The van der Waals surface area contributed by atoms with Crippen molar-refractivity contribution in [1.82, 2.24) is 0 Å². The first-order chi connectivity index (χ1) is 12.5. The molecule has 2 aliphatic heterocycles. The van der Waals surface area contributed by atoms with Crippen LogP contribution in [0.4, 0.5) is 0 Å². The van der Waals surface area contributed by atoms with E-state index in [1.54, 1.807) is 27.7 Å². The fourth-order valence-electron chi connectivity index (χ4n) is 4.74. The second kappa shape index (κ2) is 5.39. The molecule has 0 amide bonds. The summed E-state index contributed by atoms with van der Waals surface area (Å²) in [5, 5.41) is 11.6. The number of carbonyl (C=O) groups excluding carboxylic acids is 3. The summed E-state index contributed by atoms with van der Waals surface area (Å²) in [6, 6.07) is 0. The lowest BCUT2D eigenvalue weighted by atomic mass is 9.76. The van der Waals surface area contributed by atoms with E-state index in [9.17, 15) is 19.5 Å². The normalized spacial score (nSPS) is 42.0. The molecule has 144 valence electrons. The lowest BCUT2D eigenvalue weighted by Gasteiger charge is -2.37. The maximum atomic E-state index is 12.8. The molecule has 1 saturated carbocycles. The molecule has 3 fully saturated rings. The van der Waals surface area contributed by atoms with Crippen molar-refractivity contribution in [3.8, 4) is 0 Å². The molecule has 0 aromatic carbocycles. The topological polar surface area (TPSA) is 102 Å². The molecular formula is C20H22O7. The van der Waals surface area contributed by atoms with Gasteiger partial charge in [0.15, 0.2) is 17.5 Å². The largest absolute Gasteiger partial charge is 0.458 e. The van der Waals surface area contributed by atoms with Gasteiger partial charge in [0.1, 0.15) is 17.8 Å². The average Bonchev–Trinajstić information content (AvgIpc) is 3.13. The van der Waals surface area contributed by atoms with E-state index < -0.39 is 47.4 Å². The molecule has 4 aliphatic rings. The Bertz CT molecular complexity index is 862. The fourth-order valence-corrected chi connectivity index (χ4v) is 4.74. The second-order valence-corrected chi connectivity index (χ2v) is 8.17. The minimum Gasteiger partial charge on any atom is -0.458 e. The molecule has 1 N–H and O–H groups in total. The van der Waals surface area contributed by atoms with Crippen molar-refractivity contribution in [2.75, 3.05) is 0 Å². The zero-order valence-corrected chi connectivity index (χ0v) is 15.7. The van der Waals surface area contributed by atoms with Gasteiger partial charge in [0.25, 0.3) is 0 Å². The summed E-state index contributed by atoms with van der Waals surface area (Å²) in [5.41, 5.74) is -1.25. The Morgan fingerprint density at radius 3 is 2.67 bits per heavy atom. The van der Waals surface area contributed by atoms with Gasteiger partial charge in [0.05, 0.1) is 5.92 Å². The van der Waals surface area contributed by atoms with Crippen LogP contribution in [0.15, 0.2) is 34.9 Å². The van der Waals surface area contributed by atoms with Gasteiger partial charge in [-0.3, -0.25) is 4.79 Å². The number of fused-ring (bicyclic) bond motifs is 5. The van der Waals surface area contributed by atoms with E-state index in [-0.39, 0.29) is 23.4 Å². The molecular weight excluding hydrogens is 352 g/mol. The second-order valence-electron chi connectivity index (χ2n) is 8.17. The molecule has 0 unspecified atom stereocenters. The van der Waals surface area contributed by atoms with Crippen LogP contribution >= 0.6 is 0 Å². The van der Waals surface area contributed by atoms with Crippen molar-refractivity contribution in [2.45, 2.75) is 63.6 Å². The summed E-state index contributed by atoms with van der Waals surface area (Å²) in [5.74, 6) is -2.29. The molecule has 0 radical (unpaired) electrons. The maximum Gasteiger partial charge on any atom is 0.334 e. The molecule has 7 heteroatoms. The molecule has 0 aromatic heterocycles. The molecule has 6 atom stereocenters. The zero-order chi connectivity index (χ0) is 19.9. The van der Waals surface area contributed by atoms with Gasteiger partial charge in [-0.2, -0.15) is 0 Å². The van der Waals surface area contributed by atoms with Crippen LogP contribution in [0.1, 0.15) is 34.1 Å². The smallest absolute Gasteiger partial charge is 0.334 e. The summed E-state index contributed by atoms with van der Waals surface area (Å²) in [6.45, 7) is 10.7. The molecule has 2 heterocycles. The highest BCUT2D eigenvalue weighted by molar-refractivity contribution is 6.09. The van der Waals surface area contributed by atoms with E-state index in [2.05, 4.69) is 6.58 Å². The number of aliphatic hydroxyl groups is 1. The molecule has 27 heavy (non-hydrogen) atoms. The third kappa shape index (κ3) is 2.18. The number of esters is 2. The van der Waals surface area contributed by atoms with Crippen molar-refractivity contribution >= 4 is 17.7 Å². The van der Waals surface area contributed by atoms with Crippen LogP contribution in [-0.2, 0) is 28.6 Å². The first kappa shape index (κ1) is 18.1. The Labute approximate surface area is 156 Å². The summed E-state index contributed by atoms with van der Waals surface area (Å²) < 4.78 is 16.6. The summed E-state index contributed by atoms with van der Waals surface area (Å²) in [7, 11) is 0. The van der Waals surface area contributed by atoms with E-state index in [1.165, 1.54) is 6.08 Å². The van der Waals surface area contributed by atoms with Crippen molar-refractivity contribution in [1.29, 1.82) is 0 Å². The number of carbonyl (C=O) groups is 3. The quantitative estimate of drug-likeness (QED) is 0.439. The third-order valence-electron chi connectivity index (χ3n) is 6.07. The zero-order valence-electron chi connectivity index (χ0n) is 15.7. The Kier molecular flexibility index (Phi) is 3.62. The summed E-state index contributed by atoms with van der Waals surface area (Å²) in [4.78, 5) is 37.2. The minimum atomic E-state index is -1.80. The first-order valence-electron chi connectivity index (χ1n) is 8.92. The molecule has 0 bridgehead atoms. The summed E-state index contributed by atoms with van der Waals surface area (Å²) in [6.07, 6.45) is -1.08. The van der Waals surface area contributed by atoms with Crippen LogP contribution in [0.25, 0.3) is 0 Å². The van der Waals surface area contributed by atoms with Crippen LogP contribution in [0.3, 0.4) is 0 Å². The highest BCUT2D eigenvalue weighted by Gasteiger charge is 2.82. The highest BCUT2D eigenvalue weighted by atomic mass is 16.6. The monoisotopic (exact) mass is 374 g/mol. The van der Waals surface area contributed by atoms with Gasteiger partial charge < -0.3 is 19.3 Å². The molecule has 2 aliphatic carbocycles. The number of allylic oxidation sites excluding steroid dienone is 1. The molecule has 7 nitrogen and oxygen atoms in total. The van der Waals surface area contributed by atoms with Crippen molar-refractivity contribution in [2.24, 2.45) is 5.92 Å². The Balaban J connectivity index is 1.82. The number of ketones is 1. The maximum absolute atomic E-state index is 12.8. The number of hydrogen-bond donors (Lipinski definition) is 1. The Hall–Kier alpha value is -2.25. The lowest BCUT2D eigenvalue weighted by molar-refractivity contribution is -0.163. The van der Waals surface area contributed by atoms with Crippen LogP contribution in [-0.4, -0.2) is 52.3 Å². The summed E-state index contributed by atoms with van der Waals surface area (Å²) >= 11 is 0.